The maximum atomic E-state index is 3.47. The van der Waals surface area contributed by atoms with Gasteiger partial charge in [-0.2, -0.15) is 0 Å². The number of benzene rings is 1. The Labute approximate surface area is 119 Å². The minimum absolute atomic E-state index is 0.420. The van der Waals surface area contributed by atoms with Gasteiger partial charge in [-0.05, 0) is 48.8 Å². The van der Waals surface area contributed by atoms with Crippen molar-refractivity contribution < 1.29 is 0 Å². The minimum atomic E-state index is 0.420. The van der Waals surface area contributed by atoms with Crippen molar-refractivity contribution >= 4 is 0 Å². The van der Waals surface area contributed by atoms with Crippen LogP contribution in [0.1, 0.15) is 64.6 Å². The molecule has 0 aliphatic rings. The Morgan fingerprint density at radius 2 is 1.68 bits per heavy atom. The summed E-state index contributed by atoms with van der Waals surface area (Å²) in [7, 11) is 2.07. The van der Waals surface area contributed by atoms with E-state index in [4.69, 9.17) is 0 Å². The standard InChI is InChI=1S/C18H31N/c1-7-15-8-10-16(11-9-15)17(19-6)12-14(2)13-18(3,4)5/h8-11,14,17,19H,7,12-13H2,1-6H3. The first-order chi connectivity index (χ1) is 8.85. The van der Waals surface area contributed by atoms with E-state index in [1.165, 1.54) is 24.0 Å². The summed E-state index contributed by atoms with van der Waals surface area (Å²) in [4.78, 5) is 0. The molecule has 0 fully saturated rings. The van der Waals surface area contributed by atoms with Crippen molar-refractivity contribution in [1.29, 1.82) is 0 Å². The molecule has 2 atom stereocenters. The number of nitrogens with one attached hydrogen (secondary N) is 1. The van der Waals surface area contributed by atoms with Gasteiger partial charge in [-0.1, -0.05) is 58.9 Å². The zero-order valence-electron chi connectivity index (χ0n) is 13.6. The van der Waals surface area contributed by atoms with E-state index in [1.807, 2.05) is 0 Å². The van der Waals surface area contributed by atoms with Crippen LogP contribution in [-0.2, 0) is 6.42 Å². The lowest BCUT2D eigenvalue weighted by molar-refractivity contribution is 0.279. The monoisotopic (exact) mass is 261 g/mol. The van der Waals surface area contributed by atoms with Crippen molar-refractivity contribution in [2.24, 2.45) is 11.3 Å². The van der Waals surface area contributed by atoms with Gasteiger partial charge in [-0.3, -0.25) is 0 Å². The summed E-state index contributed by atoms with van der Waals surface area (Å²) in [6.07, 6.45) is 3.60. The van der Waals surface area contributed by atoms with Crippen molar-refractivity contribution in [2.45, 2.75) is 59.9 Å². The van der Waals surface area contributed by atoms with Crippen LogP contribution in [-0.4, -0.2) is 7.05 Å². The molecule has 2 unspecified atom stereocenters. The van der Waals surface area contributed by atoms with Crippen LogP contribution in [0.4, 0.5) is 0 Å². The molecule has 0 saturated carbocycles. The van der Waals surface area contributed by atoms with Gasteiger partial charge in [-0.25, -0.2) is 0 Å². The molecule has 19 heavy (non-hydrogen) atoms. The van der Waals surface area contributed by atoms with Crippen LogP contribution in [0.15, 0.2) is 24.3 Å². The average Bonchev–Trinajstić information content (AvgIpc) is 2.34. The minimum Gasteiger partial charge on any atom is -0.313 e. The lowest BCUT2D eigenvalue weighted by atomic mass is 9.82. The van der Waals surface area contributed by atoms with Crippen LogP contribution < -0.4 is 5.32 Å². The van der Waals surface area contributed by atoms with Crippen LogP contribution in [0.25, 0.3) is 0 Å². The fourth-order valence-corrected chi connectivity index (χ4v) is 2.94. The van der Waals surface area contributed by atoms with Crippen molar-refractivity contribution in [3.8, 4) is 0 Å². The molecule has 1 aromatic carbocycles. The van der Waals surface area contributed by atoms with Crippen molar-refractivity contribution in [3.63, 3.8) is 0 Å². The summed E-state index contributed by atoms with van der Waals surface area (Å²) in [5.41, 5.74) is 3.26. The maximum Gasteiger partial charge on any atom is 0.0320 e. The van der Waals surface area contributed by atoms with Crippen LogP contribution in [0.2, 0.25) is 0 Å². The van der Waals surface area contributed by atoms with Crippen LogP contribution >= 0.6 is 0 Å². The molecule has 0 radical (unpaired) electrons. The SMILES string of the molecule is CCc1ccc(C(CC(C)CC(C)(C)C)NC)cc1. The maximum absolute atomic E-state index is 3.47. The van der Waals surface area contributed by atoms with E-state index in [9.17, 15) is 0 Å². The van der Waals surface area contributed by atoms with Crippen LogP contribution in [0, 0.1) is 11.3 Å². The van der Waals surface area contributed by atoms with E-state index >= 15 is 0 Å². The summed E-state index contributed by atoms with van der Waals surface area (Å²) in [6, 6.07) is 9.55. The first-order valence-corrected chi connectivity index (χ1v) is 7.62. The van der Waals surface area contributed by atoms with Gasteiger partial charge in [0.1, 0.15) is 0 Å². The molecule has 1 aromatic rings. The largest absolute Gasteiger partial charge is 0.313 e. The van der Waals surface area contributed by atoms with E-state index in [-0.39, 0.29) is 0 Å². The van der Waals surface area contributed by atoms with Crippen molar-refractivity contribution in [3.05, 3.63) is 35.4 Å². The zero-order valence-corrected chi connectivity index (χ0v) is 13.6. The van der Waals surface area contributed by atoms with Crippen LogP contribution in [0.5, 0.6) is 0 Å². The molecule has 1 nitrogen and oxygen atoms in total. The number of hydrogen-bond donors (Lipinski definition) is 1. The molecule has 0 aromatic heterocycles. The predicted molar refractivity (Wildman–Crippen MR) is 85.5 cm³/mol. The highest BCUT2D eigenvalue weighted by Crippen LogP contribution is 2.30. The molecule has 0 saturated heterocycles. The van der Waals surface area contributed by atoms with Gasteiger partial charge in [0.25, 0.3) is 0 Å². The highest BCUT2D eigenvalue weighted by molar-refractivity contribution is 5.25. The summed E-state index contributed by atoms with van der Waals surface area (Å²) in [5.74, 6) is 0.739. The van der Waals surface area contributed by atoms with Gasteiger partial charge >= 0.3 is 0 Å². The molecule has 0 amide bonds. The van der Waals surface area contributed by atoms with Crippen molar-refractivity contribution in [2.75, 3.05) is 7.05 Å². The Morgan fingerprint density at radius 1 is 1.11 bits per heavy atom. The second-order valence-electron chi connectivity index (χ2n) is 7.04. The summed E-state index contributed by atoms with van der Waals surface area (Å²) in [6.45, 7) is 11.6. The van der Waals surface area contributed by atoms with E-state index in [0.29, 0.717) is 11.5 Å². The van der Waals surface area contributed by atoms with Gasteiger partial charge in [0.05, 0.1) is 0 Å². The third-order valence-corrected chi connectivity index (χ3v) is 3.74. The molecule has 1 heteroatoms. The zero-order chi connectivity index (χ0) is 14.5. The number of aryl methyl sites for hydroxylation is 1. The molecule has 0 heterocycles. The molecular formula is C18H31N. The smallest absolute Gasteiger partial charge is 0.0320 e. The van der Waals surface area contributed by atoms with Gasteiger partial charge in [0.2, 0.25) is 0 Å². The lowest BCUT2D eigenvalue weighted by Gasteiger charge is -2.27. The average molecular weight is 261 g/mol. The Kier molecular flexibility index (Phi) is 6.06. The van der Waals surface area contributed by atoms with Gasteiger partial charge < -0.3 is 5.32 Å². The highest BCUT2D eigenvalue weighted by atomic mass is 14.9. The Bertz CT molecular complexity index is 358. The Morgan fingerprint density at radius 3 is 2.11 bits per heavy atom. The fraction of sp³-hybridized carbons (Fsp3) is 0.667. The summed E-state index contributed by atoms with van der Waals surface area (Å²) in [5, 5.41) is 3.47. The Balaban J connectivity index is 2.66. The number of rotatable bonds is 6. The third kappa shape index (κ3) is 5.78. The molecule has 0 bridgehead atoms. The van der Waals surface area contributed by atoms with Gasteiger partial charge in [0, 0.05) is 6.04 Å². The normalized spacial score (nSPS) is 15.3. The quantitative estimate of drug-likeness (QED) is 0.762. The highest BCUT2D eigenvalue weighted by Gasteiger charge is 2.19. The van der Waals surface area contributed by atoms with E-state index in [2.05, 4.69) is 71.2 Å². The molecule has 0 spiro atoms. The topological polar surface area (TPSA) is 12.0 Å². The van der Waals surface area contributed by atoms with E-state index < -0.39 is 0 Å². The summed E-state index contributed by atoms with van der Waals surface area (Å²) < 4.78 is 0. The lowest BCUT2D eigenvalue weighted by Crippen LogP contribution is -2.21. The second-order valence-corrected chi connectivity index (χ2v) is 7.04. The van der Waals surface area contributed by atoms with Gasteiger partial charge in [0.15, 0.2) is 0 Å². The van der Waals surface area contributed by atoms with Gasteiger partial charge in [-0.15, -0.1) is 0 Å². The van der Waals surface area contributed by atoms with Crippen molar-refractivity contribution in [1.82, 2.24) is 5.32 Å². The predicted octanol–water partition coefficient (Wildman–Crippen LogP) is 4.97. The summed E-state index contributed by atoms with van der Waals surface area (Å²) >= 11 is 0. The molecule has 1 rings (SSSR count). The third-order valence-electron chi connectivity index (χ3n) is 3.74. The Hall–Kier alpha value is -0.820. The number of hydrogen-bond acceptors (Lipinski definition) is 1. The second kappa shape index (κ2) is 7.09. The van der Waals surface area contributed by atoms with E-state index in [1.54, 1.807) is 0 Å². The molecule has 0 aliphatic heterocycles. The fourth-order valence-electron chi connectivity index (χ4n) is 2.94. The van der Waals surface area contributed by atoms with Crippen LogP contribution in [0.3, 0.4) is 0 Å². The molecule has 0 aliphatic carbocycles. The first kappa shape index (κ1) is 16.2. The molecule has 1 N–H and O–H groups in total. The first-order valence-electron chi connectivity index (χ1n) is 7.62. The van der Waals surface area contributed by atoms with E-state index in [0.717, 1.165) is 12.3 Å². The molecular weight excluding hydrogens is 230 g/mol. The molecule has 108 valence electrons.